The van der Waals surface area contributed by atoms with Gasteiger partial charge in [0.2, 0.25) is 0 Å². The number of carbonyl (C=O) groups excluding carboxylic acids is 1. The van der Waals surface area contributed by atoms with Gasteiger partial charge in [0.15, 0.2) is 5.79 Å². The number of carbonyl (C=O) groups is 1. The molecule has 0 atom stereocenters. The van der Waals surface area contributed by atoms with Crippen molar-refractivity contribution in [2.75, 3.05) is 38.3 Å². The molecule has 0 unspecified atom stereocenters. The fourth-order valence-corrected chi connectivity index (χ4v) is 2.81. The van der Waals surface area contributed by atoms with Crippen LogP contribution in [0.3, 0.4) is 0 Å². The molecule has 108 valence electrons. The first-order valence-corrected chi connectivity index (χ1v) is 6.93. The molecule has 1 aromatic heterocycles. The van der Waals surface area contributed by atoms with Crippen molar-refractivity contribution in [1.82, 2.24) is 10.3 Å². The van der Waals surface area contributed by atoms with Gasteiger partial charge >= 0.3 is 0 Å². The number of aromatic nitrogens is 1. The van der Waals surface area contributed by atoms with Crippen LogP contribution < -0.4 is 10.2 Å². The summed E-state index contributed by atoms with van der Waals surface area (Å²) in [5.41, 5.74) is 1.41. The van der Waals surface area contributed by atoms with Crippen LogP contribution in [-0.2, 0) is 9.47 Å². The molecule has 1 N–H and O–H groups in total. The van der Waals surface area contributed by atoms with Gasteiger partial charge in [-0.05, 0) is 18.6 Å². The van der Waals surface area contributed by atoms with Crippen molar-refractivity contribution in [3.05, 3.63) is 24.0 Å². The summed E-state index contributed by atoms with van der Waals surface area (Å²) >= 11 is 0. The monoisotopic (exact) mass is 277 g/mol. The van der Waals surface area contributed by atoms with Crippen LogP contribution in [0, 0.1) is 0 Å². The Balaban J connectivity index is 1.80. The maximum atomic E-state index is 11.7. The molecular formula is C14H19N3O3. The Morgan fingerprint density at radius 2 is 2.25 bits per heavy atom. The van der Waals surface area contributed by atoms with Gasteiger partial charge in [-0.15, -0.1) is 0 Å². The van der Waals surface area contributed by atoms with E-state index >= 15 is 0 Å². The Bertz CT molecular complexity index is 500. The number of amides is 1. The summed E-state index contributed by atoms with van der Waals surface area (Å²) < 4.78 is 11.5. The lowest BCUT2D eigenvalue weighted by molar-refractivity contribution is -0.161. The summed E-state index contributed by atoms with van der Waals surface area (Å²) in [4.78, 5) is 17.9. The topological polar surface area (TPSA) is 63.7 Å². The van der Waals surface area contributed by atoms with Crippen LogP contribution in [0.15, 0.2) is 18.3 Å². The van der Waals surface area contributed by atoms with E-state index in [1.165, 1.54) is 0 Å². The fraction of sp³-hybridized carbons (Fsp3) is 0.571. The van der Waals surface area contributed by atoms with Gasteiger partial charge in [0.1, 0.15) is 5.69 Å². The molecule has 2 fully saturated rings. The molecule has 6 nitrogen and oxygen atoms in total. The first kappa shape index (κ1) is 13.3. The molecule has 20 heavy (non-hydrogen) atoms. The van der Waals surface area contributed by atoms with E-state index in [-0.39, 0.29) is 5.91 Å². The molecule has 2 saturated heterocycles. The molecule has 6 heteroatoms. The zero-order valence-corrected chi connectivity index (χ0v) is 11.6. The average Bonchev–Trinajstić information content (AvgIpc) is 2.94. The van der Waals surface area contributed by atoms with Crippen LogP contribution in [0.1, 0.15) is 23.3 Å². The zero-order chi connectivity index (χ0) is 14.0. The smallest absolute Gasteiger partial charge is 0.269 e. The second kappa shape index (κ2) is 5.38. The lowest BCUT2D eigenvalue weighted by Crippen LogP contribution is -2.49. The van der Waals surface area contributed by atoms with E-state index in [1.807, 2.05) is 12.1 Å². The predicted molar refractivity (Wildman–Crippen MR) is 73.7 cm³/mol. The summed E-state index contributed by atoms with van der Waals surface area (Å²) in [6.45, 7) is 2.96. The Hall–Kier alpha value is -1.66. The molecule has 1 amide bonds. The average molecular weight is 277 g/mol. The lowest BCUT2D eigenvalue weighted by Gasteiger charge is -2.39. The van der Waals surface area contributed by atoms with E-state index < -0.39 is 5.79 Å². The van der Waals surface area contributed by atoms with Crippen LogP contribution in [0.25, 0.3) is 0 Å². The summed E-state index contributed by atoms with van der Waals surface area (Å²) in [6, 6.07) is 3.73. The number of hydrogen-bond donors (Lipinski definition) is 1. The molecule has 2 aliphatic rings. The first-order chi connectivity index (χ1) is 9.72. The highest BCUT2D eigenvalue weighted by atomic mass is 16.7. The Kier molecular flexibility index (Phi) is 3.58. The summed E-state index contributed by atoms with van der Waals surface area (Å²) in [7, 11) is 1.60. The molecule has 0 aromatic carbocycles. The number of rotatable bonds is 2. The highest BCUT2D eigenvalue weighted by Crippen LogP contribution is 2.32. The second-order valence-corrected chi connectivity index (χ2v) is 5.11. The number of piperidine rings is 1. The number of hydrogen-bond acceptors (Lipinski definition) is 5. The van der Waals surface area contributed by atoms with E-state index in [9.17, 15) is 4.79 Å². The standard InChI is InChI=1S/C14H19N3O3/c1-15-13(18)12-9-11(3-5-16-12)17-6-2-4-14(10-17)19-7-8-20-14/h3,5,9H,2,4,6-8,10H2,1H3,(H,15,18). The maximum Gasteiger partial charge on any atom is 0.269 e. The molecule has 0 aliphatic carbocycles. The van der Waals surface area contributed by atoms with E-state index in [0.29, 0.717) is 25.5 Å². The van der Waals surface area contributed by atoms with Crippen LogP contribution in [0.4, 0.5) is 5.69 Å². The molecule has 0 bridgehead atoms. The van der Waals surface area contributed by atoms with Gasteiger partial charge < -0.3 is 19.7 Å². The van der Waals surface area contributed by atoms with Crippen molar-refractivity contribution in [3.63, 3.8) is 0 Å². The highest BCUT2D eigenvalue weighted by Gasteiger charge is 2.40. The normalized spacial score (nSPS) is 21.1. The summed E-state index contributed by atoms with van der Waals surface area (Å²) in [5.74, 6) is -0.638. The molecule has 3 rings (SSSR count). The second-order valence-electron chi connectivity index (χ2n) is 5.11. The third-order valence-electron chi connectivity index (χ3n) is 3.80. The van der Waals surface area contributed by atoms with Crippen LogP contribution in [0.5, 0.6) is 0 Å². The molecule has 1 aromatic rings. The van der Waals surface area contributed by atoms with Gasteiger partial charge in [-0.3, -0.25) is 9.78 Å². The predicted octanol–water partition coefficient (Wildman–Crippen LogP) is 0.784. The van der Waals surface area contributed by atoms with E-state index in [0.717, 1.165) is 25.1 Å². The number of anilines is 1. The number of nitrogens with one attached hydrogen (secondary N) is 1. The minimum Gasteiger partial charge on any atom is -0.366 e. The Morgan fingerprint density at radius 1 is 1.45 bits per heavy atom. The first-order valence-electron chi connectivity index (χ1n) is 6.93. The van der Waals surface area contributed by atoms with Crippen LogP contribution >= 0.6 is 0 Å². The quantitative estimate of drug-likeness (QED) is 0.865. The Labute approximate surface area is 118 Å². The minimum absolute atomic E-state index is 0.174. The zero-order valence-electron chi connectivity index (χ0n) is 11.6. The lowest BCUT2D eigenvalue weighted by atomic mass is 10.0. The number of ether oxygens (including phenoxy) is 2. The molecular weight excluding hydrogens is 258 g/mol. The van der Waals surface area contributed by atoms with Gasteiger partial charge in [0.05, 0.1) is 19.8 Å². The van der Waals surface area contributed by atoms with E-state index in [2.05, 4.69) is 15.2 Å². The van der Waals surface area contributed by atoms with Crippen molar-refractivity contribution in [2.24, 2.45) is 0 Å². The number of pyridine rings is 1. The molecule has 0 radical (unpaired) electrons. The minimum atomic E-state index is -0.464. The SMILES string of the molecule is CNC(=O)c1cc(N2CCCC3(C2)OCCO3)ccn1. The van der Waals surface area contributed by atoms with Gasteiger partial charge in [-0.2, -0.15) is 0 Å². The summed E-state index contributed by atoms with van der Waals surface area (Å²) in [5, 5.41) is 2.59. The van der Waals surface area contributed by atoms with Crippen molar-refractivity contribution < 1.29 is 14.3 Å². The van der Waals surface area contributed by atoms with Crippen molar-refractivity contribution >= 4 is 11.6 Å². The van der Waals surface area contributed by atoms with Crippen LogP contribution in [0.2, 0.25) is 0 Å². The summed E-state index contributed by atoms with van der Waals surface area (Å²) in [6.07, 6.45) is 3.60. The van der Waals surface area contributed by atoms with Gasteiger partial charge in [0.25, 0.3) is 5.91 Å². The van der Waals surface area contributed by atoms with Crippen molar-refractivity contribution in [2.45, 2.75) is 18.6 Å². The van der Waals surface area contributed by atoms with Gasteiger partial charge in [-0.25, -0.2) is 0 Å². The van der Waals surface area contributed by atoms with Crippen LogP contribution in [-0.4, -0.2) is 50.0 Å². The highest BCUT2D eigenvalue weighted by molar-refractivity contribution is 5.92. The molecule has 0 saturated carbocycles. The fourth-order valence-electron chi connectivity index (χ4n) is 2.81. The molecule has 2 aliphatic heterocycles. The molecule has 3 heterocycles. The van der Waals surface area contributed by atoms with E-state index in [1.54, 1.807) is 13.2 Å². The molecule has 1 spiro atoms. The third-order valence-corrected chi connectivity index (χ3v) is 3.80. The largest absolute Gasteiger partial charge is 0.366 e. The van der Waals surface area contributed by atoms with Gasteiger partial charge in [-0.1, -0.05) is 0 Å². The van der Waals surface area contributed by atoms with E-state index in [4.69, 9.17) is 9.47 Å². The van der Waals surface area contributed by atoms with Crippen molar-refractivity contribution in [1.29, 1.82) is 0 Å². The number of nitrogens with zero attached hydrogens (tertiary/aromatic N) is 2. The third kappa shape index (κ3) is 2.48. The van der Waals surface area contributed by atoms with Crippen molar-refractivity contribution in [3.8, 4) is 0 Å². The van der Waals surface area contributed by atoms with Gasteiger partial charge in [0, 0.05) is 31.9 Å². The maximum absolute atomic E-state index is 11.7. The Morgan fingerprint density at radius 3 is 3.00 bits per heavy atom.